The molecule has 7 rings (SSSR count). The zero-order valence-electron chi connectivity index (χ0n) is 18.3. The summed E-state index contributed by atoms with van der Waals surface area (Å²) in [6.45, 7) is 0. The fraction of sp³-hybridized carbons (Fsp3) is 0.120. The molecule has 3 N–H and O–H groups in total. The van der Waals surface area contributed by atoms with Crippen molar-refractivity contribution < 1.29 is 4.79 Å². The standard InChI is InChI=1S/C25H18N8OS/c34-25(13-3-4-13)29-16-6-14(8-26-10-16)15-7-17-22(32-33-23(17)28-9-15)24-30-19-12-27-11-18(21(19)31-24)20-2-1-5-35-20/h1-2,5-13H,3-4H2,(H,29,34)(H,30,31)(H,28,32,33). The van der Waals surface area contributed by atoms with Crippen LogP contribution in [0.4, 0.5) is 5.69 Å². The molecule has 0 spiro atoms. The minimum absolute atomic E-state index is 0.0518. The van der Waals surface area contributed by atoms with Crippen LogP contribution in [0.25, 0.3) is 55.2 Å². The second-order valence-corrected chi connectivity index (χ2v) is 9.51. The molecular weight excluding hydrogens is 460 g/mol. The Morgan fingerprint density at radius 1 is 1.06 bits per heavy atom. The van der Waals surface area contributed by atoms with E-state index in [0.717, 1.165) is 50.8 Å². The monoisotopic (exact) mass is 478 g/mol. The van der Waals surface area contributed by atoms with Gasteiger partial charge in [-0.1, -0.05) is 6.07 Å². The number of carbonyl (C=O) groups excluding carboxylic acids is 1. The molecule has 1 aliphatic carbocycles. The first-order valence-corrected chi connectivity index (χ1v) is 12.1. The largest absolute Gasteiger partial charge is 0.335 e. The summed E-state index contributed by atoms with van der Waals surface area (Å²) in [5.41, 5.74) is 6.41. The van der Waals surface area contributed by atoms with Crippen molar-refractivity contribution in [2.45, 2.75) is 12.8 Å². The highest BCUT2D eigenvalue weighted by Gasteiger charge is 2.29. The highest BCUT2D eigenvalue weighted by molar-refractivity contribution is 7.13. The van der Waals surface area contributed by atoms with E-state index in [9.17, 15) is 4.79 Å². The number of aromatic amines is 2. The lowest BCUT2D eigenvalue weighted by Gasteiger charge is -2.06. The van der Waals surface area contributed by atoms with Crippen LogP contribution in [0.5, 0.6) is 0 Å². The highest BCUT2D eigenvalue weighted by atomic mass is 32.1. The number of imidazole rings is 1. The molecule has 6 aromatic rings. The third-order valence-corrected chi connectivity index (χ3v) is 7.01. The number of H-pyrrole nitrogens is 2. The second kappa shape index (κ2) is 7.81. The number of rotatable bonds is 5. The minimum atomic E-state index is 0.0518. The summed E-state index contributed by atoms with van der Waals surface area (Å²) in [4.78, 5) is 34.8. The average molecular weight is 479 g/mol. The molecule has 0 aromatic carbocycles. The van der Waals surface area contributed by atoms with Gasteiger partial charge in [-0.05, 0) is 36.4 Å². The van der Waals surface area contributed by atoms with Gasteiger partial charge < -0.3 is 10.3 Å². The van der Waals surface area contributed by atoms with E-state index in [1.54, 1.807) is 36.1 Å². The smallest absolute Gasteiger partial charge is 0.227 e. The first-order valence-electron chi connectivity index (χ1n) is 11.2. The fourth-order valence-electron chi connectivity index (χ4n) is 4.16. The summed E-state index contributed by atoms with van der Waals surface area (Å²) in [7, 11) is 0. The van der Waals surface area contributed by atoms with Crippen LogP contribution < -0.4 is 5.32 Å². The van der Waals surface area contributed by atoms with E-state index < -0.39 is 0 Å². The lowest BCUT2D eigenvalue weighted by Crippen LogP contribution is -2.13. The summed E-state index contributed by atoms with van der Waals surface area (Å²) >= 11 is 1.65. The lowest BCUT2D eigenvalue weighted by atomic mass is 10.1. The van der Waals surface area contributed by atoms with Crippen LogP contribution in [0, 0.1) is 5.92 Å². The molecule has 170 valence electrons. The molecule has 0 aliphatic heterocycles. The number of anilines is 1. The molecule has 1 amide bonds. The Bertz CT molecular complexity index is 1710. The lowest BCUT2D eigenvalue weighted by molar-refractivity contribution is -0.117. The molecule has 1 aliphatic rings. The normalized spacial score (nSPS) is 13.5. The fourth-order valence-corrected chi connectivity index (χ4v) is 4.89. The number of fused-ring (bicyclic) bond motifs is 2. The van der Waals surface area contributed by atoms with Gasteiger partial charge in [0.15, 0.2) is 11.5 Å². The Hall–Kier alpha value is -4.44. The number of pyridine rings is 3. The van der Waals surface area contributed by atoms with Gasteiger partial charge in [0.2, 0.25) is 5.91 Å². The number of hydrogen-bond acceptors (Lipinski definition) is 7. The number of hydrogen-bond donors (Lipinski definition) is 3. The summed E-state index contributed by atoms with van der Waals surface area (Å²) < 4.78 is 0. The summed E-state index contributed by atoms with van der Waals surface area (Å²) in [5, 5.41) is 13.3. The van der Waals surface area contributed by atoms with Crippen molar-refractivity contribution in [3.8, 4) is 33.1 Å². The number of amides is 1. The van der Waals surface area contributed by atoms with Crippen LogP contribution in [0.3, 0.4) is 0 Å². The number of nitrogens with zero attached hydrogens (tertiary/aromatic N) is 5. The van der Waals surface area contributed by atoms with E-state index in [1.807, 2.05) is 29.8 Å². The van der Waals surface area contributed by atoms with Gasteiger partial charge in [-0.3, -0.25) is 19.9 Å². The van der Waals surface area contributed by atoms with E-state index in [1.165, 1.54) is 0 Å². The van der Waals surface area contributed by atoms with Crippen LogP contribution >= 0.6 is 11.3 Å². The minimum Gasteiger partial charge on any atom is -0.335 e. The van der Waals surface area contributed by atoms with Crippen molar-refractivity contribution >= 4 is 45.0 Å². The molecule has 6 heterocycles. The molecular formula is C25H18N8OS. The van der Waals surface area contributed by atoms with Crippen molar-refractivity contribution in [3.63, 3.8) is 0 Å². The number of aromatic nitrogens is 7. The topological polar surface area (TPSA) is 125 Å². The Kier molecular flexibility index (Phi) is 4.46. The maximum Gasteiger partial charge on any atom is 0.227 e. The predicted octanol–water partition coefficient (Wildman–Crippen LogP) is 5.04. The Morgan fingerprint density at radius 3 is 2.80 bits per heavy atom. The van der Waals surface area contributed by atoms with Crippen LogP contribution in [0.1, 0.15) is 12.8 Å². The molecule has 0 unspecified atom stereocenters. The van der Waals surface area contributed by atoms with Crippen molar-refractivity contribution in [3.05, 3.63) is 60.6 Å². The van der Waals surface area contributed by atoms with Crippen LogP contribution in [0.15, 0.2) is 60.6 Å². The van der Waals surface area contributed by atoms with Crippen molar-refractivity contribution in [2.75, 3.05) is 5.32 Å². The third kappa shape index (κ3) is 3.55. The van der Waals surface area contributed by atoms with Crippen molar-refractivity contribution in [1.82, 2.24) is 35.1 Å². The van der Waals surface area contributed by atoms with Gasteiger partial charge in [0, 0.05) is 46.1 Å². The molecule has 35 heavy (non-hydrogen) atoms. The molecule has 1 fully saturated rings. The molecule has 6 aromatic heterocycles. The SMILES string of the molecule is O=C(Nc1cncc(-c2cnc3[nH]nc(-c4nc5c(-c6cccs6)cncc5[nH]4)c3c2)c1)C1CC1. The van der Waals surface area contributed by atoms with E-state index in [0.29, 0.717) is 22.9 Å². The number of nitrogens with one attached hydrogen (secondary N) is 3. The highest BCUT2D eigenvalue weighted by Crippen LogP contribution is 2.34. The van der Waals surface area contributed by atoms with Gasteiger partial charge in [0.25, 0.3) is 0 Å². The van der Waals surface area contributed by atoms with E-state index in [4.69, 9.17) is 4.98 Å². The van der Waals surface area contributed by atoms with Crippen LogP contribution in [-0.2, 0) is 4.79 Å². The maximum absolute atomic E-state index is 12.2. The van der Waals surface area contributed by atoms with Crippen LogP contribution in [0.2, 0.25) is 0 Å². The molecule has 0 radical (unpaired) electrons. The molecule has 0 saturated heterocycles. The zero-order chi connectivity index (χ0) is 23.4. The van der Waals surface area contributed by atoms with E-state index in [-0.39, 0.29) is 11.8 Å². The summed E-state index contributed by atoms with van der Waals surface area (Å²) in [6.07, 6.45) is 10.7. The maximum atomic E-state index is 12.2. The van der Waals surface area contributed by atoms with Crippen molar-refractivity contribution in [2.24, 2.45) is 5.92 Å². The second-order valence-electron chi connectivity index (χ2n) is 8.56. The number of thiophene rings is 1. The van der Waals surface area contributed by atoms with Gasteiger partial charge in [-0.15, -0.1) is 11.3 Å². The average Bonchev–Trinajstić information content (AvgIpc) is 3.26. The van der Waals surface area contributed by atoms with Crippen molar-refractivity contribution in [1.29, 1.82) is 0 Å². The Balaban J connectivity index is 1.29. The molecule has 9 nitrogen and oxygen atoms in total. The Labute approximate surface area is 202 Å². The van der Waals surface area contributed by atoms with Gasteiger partial charge in [-0.25, -0.2) is 9.97 Å². The quantitative estimate of drug-likeness (QED) is 0.319. The zero-order valence-corrected chi connectivity index (χ0v) is 19.1. The van der Waals surface area contributed by atoms with Crippen LogP contribution in [-0.4, -0.2) is 41.0 Å². The van der Waals surface area contributed by atoms with Gasteiger partial charge in [-0.2, -0.15) is 5.10 Å². The first-order chi connectivity index (χ1) is 17.2. The van der Waals surface area contributed by atoms with E-state index >= 15 is 0 Å². The van der Waals surface area contributed by atoms with E-state index in [2.05, 4.69) is 41.5 Å². The molecule has 0 atom stereocenters. The van der Waals surface area contributed by atoms with Gasteiger partial charge >= 0.3 is 0 Å². The molecule has 1 saturated carbocycles. The summed E-state index contributed by atoms with van der Waals surface area (Å²) in [6, 6.07) is 8.00. The first kappa shape index (κ1) is 20.0. The van der Waals surface area contributed by atoms with Gasteiger partial charge in [0.1, 0.15) is 11.2 Å². The Morgan fingerprint density at radius 2 is 1.94 bits per heavy atom. The molecule has 10 heteroatoms. The summed E-state index contributed by atoms with van der Waals surface area (Å²) in [5.74, 6) is 0.819. The predicted molar refractivity (Wildman–Crippen MR) is 135 cm³/mol. The molecule has 0 bridgehead atoms. The third-order valence-electron chi connectivity index (χ3n) is 6.11. The number of carbonyl (C=O) groups is 1. The van der Waals surface area contributed by atoms with Gasteiger partial charge in [0.05, 0.1) is 29.0 Å².